The predicted molar refractivity (Wildman–Crippen MR) is 144 cm³/mol. The number of oxazole rings is 1. The molecule has 1 atom stereocenters. The molecular weight excluding hydrogens is 518 g/mol. The maximum Gasteiger partial charge on any atom is 0.422 e. The first kappa shape index (κ1) is 25.4. The van der Waals surface area contributed by atoms with E-state index in [1.54, 1.807) is 16.8 Å². The van der Waals surface area contributed by atoms with Gasteiger partial charge in [-0.3, -0.25) is 13.8 Å². The van der Waals surface area contributed by atoms with E-state index in [0.29, 0.717) is 47.5 Å². The lowest BCUT2D eigenvalue weighted by Crippen LogP contribution is -2.38. The van der Waals surface area contributed by atoms with Gasteiger partial charge in [0.05, 0.1) is 16.3 Å². The number of hydrogen-bond donors (Lipinski definition) is 1. The van der Waals surface area contributed by atoms with E-state index in [0.717, 1.165) is 5.69 Å². The van der Waals surface area contributed by atoms with Crippen LogP contribution in [0.1, 0.15) is 32.2 Å². The molecule has 1 unspecified atom stereocenters. The SMILES string of the molecule is CCc1c(-c2cc3cc(Nc4cc5n(n4)CC(=O)N(C(C)C)CC5)ncc3c(Cl)c2F)oc(=O)n1PC. The van der Waals surface area contributed by atoms with Crippen molar-refractivity contribution in [2.45, 2.75) is 46.2 Å². The number of aromatic nitrogens is 4. The summed E-state index contributed by atoms with van der Waals surface area (Å²) < 4.78 is 24.0. The zero-order valence-corrected chi connectivity index (χ0v) is 22.7. The van der Waals surface area contributed by atoms with Crippen LogP contribution in [-0.2, 0) is 24.2 Å². The molecule has 37 heavy (non-hydrogen) atoms. The number of benzene rings is 1. The van der Waals surface area contributed by atoms with Gasteiger partial charge in [-0.05, 0) is 53.2 Å². The molecule has 3 aromatic heterocycles. The van der Waals surface area contributed by atoms with Crippen molar-refractivity contribution in [1.82, 2.24) is 24.0 Å². The van der Waals surface area contributed by atoms with Crippen LogP contribution >= 0.6 is 20.3 Å². The molecule has 1 aliphatic rings. The third kappa shape index (κ3) is 4.53. The first-order valence-corrected chi connectivity index (χ1v) is 13.9. The third-order valence-electron chi connectivity index (χ3n) is 6.57. The molecule has 5 rings (SSSR count). The fourth-order valence-electron chi connectivity index (χ4n) is 4.73. The quantitative estimate of drug-likeness (QED) is 0.350. The van der Waals surface area contributed by atoms with Gasteiger partial charge in [0, 0.05) is 42.4 Å². The molecule has 12 heteroatoms. The van der Waals surface area contributed by atoms with Gasteiger partial charge >= 0.3 is 5.76 Å². The second-order valence-electron chi connectivity index (χ2n) is 9.13. The van der Waals surface area contributed by atoms with Crippen LogP contribution in [0.5, 0.6) is 0 Å². The minimum Gasteiger partial charge on any atom is -0.407 e. The highest BCUT2D eigenvalue weighted by Crippen LogP contribution is 2.37. The largest absolute Gasteiger partial charge is 0.422 e. The van der Waals surface area contributed by atoms with Crippen LogP contribution in [-0.4, -0.2) is 49.2 Å². The Labute approximate surface area is 219 Å². The van der Waals surface area contributed by atoms with Crippen LogP contribution in [0.3, 0.4) is 0 Å². The first-order valence-electron chi connectivity index (χ1n) is 12.1. The maximum atomic E-state index is 15.3. The number of rotatable bonds is 6. The van der Waals surface area contributed by atoms with Crippen molar-refractivity contribution in [2.75, 3.05) is 18.5 Å². The van der Waals surface area contributed by atoms with Crippen molar-refractivity contribution in [3.63, 3.8) is 0 Å². The van der Waals surface area contributed by atoms with Gasteiger partial charge in [0.1, 0.15) is 12.4 Å². The van der Waals surface area contributed by atoms with E-state index in [2.05, 4.69) is 15.4 Å². The topological polar surface area (TPSA) is 98.2 Å². The lowest BCUT2D eigenvalue weighted by Gasteiger charge is -2.24. The molecule has 9 nitrogen and oxygen atoms in total. The van der Waals surface area contributed by atoms with Crippen LogP contribution in [0.15, 0.2) is 33.6 Å². The minimum atomic E-state index is -0.662. The summed E-state index contributed by atoms with van der Waals surface area (Å²) in [5.41, 5.74) is 1.70. The summed E-state index contributed by atoms with van der Waals surface area (Å²) in [5.74, 6) is 0.0784. The molecular formula is C25H27ClFN6O3P. The molecule has 0 saturated carbocycles. The second kappa shape index (κ2) is 9.91. The number of carbonyl (C=O) groups is 1. The monoisotopic (exact) mass is 544 g/mol. The van der Waals surface area contributed by atoms with Crippen molar-refractivity contribution in [3.8, 4) is 11.3 Å². The van der Waals surface area contributed by atoms with Gasteiger partial charge in [0.2, 0.25) is 5.91 Å². The average molecular weight is 545 g/mol. The average Bonchev–Trinajstić information content (AvgIpc) is 3.34. The highest BCUT2D eigenvalue weighted by atomic mass is 35.5. The van der Waals surface area contributed by atoms with Crippen LogP contribution in [0.2, 0.25) is 5.02 Å². The van der Waals surface area contributed by atoms with Crippen LogP contribution in [0.4, 0.5) is 16.0 Å². The molecule has 4 heterocycles. The number of carbonyl (C=O) groups excluding carboxylic acids is 1. The number of pyridine rings is 1. The Bertz CT molecular complexity index is 1580. The van der Waals surface area contributed by atoms with E-state index < -0.39 is 11.6 Å². The van der Waals surface area contributed by atoms with Crippen molar-refractivity contribution < 1.29 is 13.6 Å². The number of nitrogens with zero attached hydrogens (tertiary/aromatic N) is 5. The fraction of sp³-hybridized carbons (Fsp3) is 0.360. The summed E-state index contributed by atoms with van der Waals surface area (Å²) in [5, 5.41) is 8.70. The zero-order chi connectivity index (χ0) is 26.4. The van der Waals surface area contributed by atoms with Gasteiger partial charge in [-0.1, -0.05) is 18.5 Å². The number of halogens is 2. The normalized spacial score (nSPS) is 14.2. The second-order valence-corrected chi connectivity index (χ2v) is 10.4. The number of hydrogen-bond acceptors (Lipinski definition) is 6. The summed E-state index contributed by atoms with van der Waals surface area (Å²) in [6.07, 6.45) is 2.70. The van der Waals surface area contributed by atoms with Gasteiger partial charge < -0.3 is 14.6 Å². The van der Waals surface area contributed by atoms with Gasteiger partial charge in [-0.15, -0.1) is 0 Å². The molecule has 1 N–H and O–H groups in total. The molecule has 1 aromatic carbocycles. The molecule has 0 radical (unpaired) electrons. The van der Waals surface area contributed by atoms with Crippen LogP contribution in [0, 0.1) is 5.82 Å². The van der Waals surface area contributed by atoms with Gasteiger partial charge in [0.25, 0.3) is 0 Å². The van der Waals surface area contributed by atoms with E-state index in [4.69, 9.17) is 16.0 Å². The lowest BCUT2D eigenvalue weighted by atomic mass is 10.0. The van der Waals surface area contributed by atoms with Crippen molar-refractivity contribution >= 4 is 48.6 Å². The van der Waals surface area contributed by atoms with Crippen LogP contribution < -0.4 is 11.1 Å². The summed E-state index contributed by atoms with van der Waals surface area (Å²) in [6, 6.07) is 5.40. The summed E-state index contributed by atoms with van der Waals surface area (Å²) >= 11 is 6.39. The Morgan fingerprint density at radius 1 is 1.24 bits per heavy atom. The molecule has 1 amide bonds. The van der Waals surface area contributed by atoms with E-state index in [1.165, 1.54) is 10.5 Å². The van der Waals surface area contributed by atoms with E-state index in [-0.39, 0.29) is 43.6 Å². The molecule has 194 valence electrons. The van der Waals surface area contributed by atoms with Crippen molar-refractivity contribution in [3.05, 3.63) is 57.2 Å². The standard InChI is InChI=1S/C25H27ClFN6O3P/c1-5-18-24(36-25(35)33(18)37-4)16-8-14-9-19(28-11-17(14)22(26)23(16)27)29-20-10-15-6-7-31(13(2)3)21(34)12-32(15)30-20/h8-11,13,37H,5-7,12H2,1-4H3,(H,28,29,30). The molecule has 0 saturated heterocycles. The van der Waals surface area contributed by atoms with Gasteiger partial charge in [0.15, 0.2) is 17.4 Å². The number of nitrogens with one attached hydrogen (secondary N) is 1. The van der Waals surface area contributed by atoms with E-state index in [9.17, 15) is 9.59 Å². The number of anilines is 2. The van der Waals surface area contributed by atoms with E-state index >= 15 is 4.39 Å². The number of fused-ring (bicyclic) bond motifs is 2. The Kier molecular flexibility index (Phi) is 6.81. The zero-order valence-electron chi connectivity index (χ0n) is 20.9. The highest BCUT2D eigenvalue weighted by molar-refractivity contribution is 7.35. The van der Waals surface area contributed by atoms with E-state index in [1.807, 2.05) is 38.4 Å². The molecule has 0 bridgehead atoms. The summed E-state index contributed by atoms with van der Waals surface area (Å²) in [6.45, 7) is 8.57. The predicted octanol–water partition coefficient (Wildman–Crippen LogP) is 4.82. The molecule has 0 spiro atoms. The Balaban J connectivity index is 1.49. The highest BCUT2D eigenvalue weighted by Gasteiger charge is 2.25. The fourth-order valence-corrected chi connectivity index (χ4v) is 5.75. The van der Waals surface area contributed by atoms with Gasteiger partial charge in [-0.2, -0.15) is 5.10 Å². The first-order chi connectivity index (χ1) is 17.7. The Morgan fingerprint density at radius 2 is 2.03 bits per heavy atom. The maximum absolute atomic E-state index is 15.3. The van der Waals surface area contributed by atoms with Crippen molar-refractivity contribution in [2.24, 2.45) is 0 Å². The number of amides is 1. The Morgan fingerprint density at radius 3 is 2.73 bits per heavy atom. The third-order valence-corrected chi connectivity index (χ3v) is 7.83. The minimum absolute atomic E-state index is 0.0342. The molecule has 4 aromatic rings. The van der Waals surface area contributed by atoms with Gasteiger partial charge in [-0.25, -0.2) is 14.2 Å². The molecule has 0 aliphatic carbocycles. The molecule has 1 aliphatic heterocycles. The Hall–Kier alpha value is -3.23. The lowest BCUT2D eigenvalue weighted by molar-refractivity contribution is -0.133. The van der Waals surface area contributed by atoms with Crippen molar-refractivity contribution in [1.29, 1.82) is 0 Å². The smallest absolute Gasteiger partial charge is 0.407 e. The summed E-state index contributed by atoms with van der Waals surface area (Å²) in [4.78, 5) is 31.1. The molecule has 0 fully saturated rings. The van der Waals surface area contributed by atoms with Crippen LogP contribution in [0.25, 0.3) is 22.1 Å². The summed E-state index contributed by atoms with van der Waals surface area (Å²) in [7, 11) is 0.160.